The molecule has 2 rings (SSSR count). The van der Waals surface area contributed by atoms with Gasteiger partial charge in [0, 0.05) is 12.7 Å². The number of methoxy groups -OCH3 is 1. The Labute approximate surface area is 110 Å². The fraction of sp³-hybridized carbons (Fsp3) is 0.231. The van der Waals surface area contributed by atoms with Crippen LogP contribution < -0.4 is 5.32 Å². The summed E-state index contributed by atoms with van der Waals surface area (Å²) >= 11 is 0. The van der Waals surface area contributed by atoms with Gasteiger partial charge in [0.05, 0.1) is 25.3 Å². The van der Waals surface area contributed by atoms with Gasteiger partial charge in [0.1, 0.15) is 5.82 Å². The molecule has 0 saturated heterocycles. The Balaban J connectivity index is 2.29. The molecular formula is C13H14FN3O2. The van der Waals surface area contributed by atoms with Crippen LogP contribution in [0.2, 0.25) is 0 Å². The molecule has 1 heterocycles. The number of benzene rings is 1. The number of carbonyl (C=O) groups excluding carboxylic acids is 1. The number of carbonyl (C=O) groups is 1. The molecule has 1 aromatic heterocycles. The predicted octanol–water partition coefficient (Wildman–Crippen LogP) is 1.89. The van der Waals surface area contributed by atoms with Crippen molar-refractivity contribution in [3.05, 3.63) is 48.3 Å². The van der Waals surface area contributed by atoms with Crippen LogP contribution >= 0.6 is 0 Å². The Hall–Kier alpha value is -2.37. The molecule has 2 aromatic rings. The topological polar surface area (TPSA) is 56.1 Å². The van der Waals surface area contributed by atoms with Crippen molar-refractivity contribution < 1.29 is 13.9 Å². The fourth-order valence-corrected chi connectivity index (χ4v) is 1.76. The second kappa shape index (κ2) is 5.51. The van der Waals surface area contributed by atoms with E-state index in [4.69, 9.17) is 4.74 Å². The highest BCUT2D eigenvalue weighted by Crippen LogP contribution is 2.20. The summed E-state index contributed by atoms with van der Waals surface area (Å²) in [5.41, 5.74) is 1.13. The number of hydrogen-bond donors (Lipinski definition) is 1. The van der Waals surface area contributed by atoms with Crippen LogP contribution in [0, 0.1) is 5.82 Å². The van der Waals surface area contributed by atoms with E-state index < -0.39 is 12.0 Å². The van der Waals surface area contributed by atoms with E-state index in [1.165, 1.54) is 19.2 Å². The predicted molar refractivity (Wildman–Crippen MR) is 68.0 cm³/mol. The van der Waals surface area contributed by atoms with Crippen molar-refractivity contribution in [3.8, 4) is 0 Å². The first-order valence-electron chi connectivity index (χ1n) is 5.68. The third kappa shape index (κ3) is 2.90. The van der Waals surface area contributed by atoms with Crippen LogP contribution in [0.3, 0.4) is 0 Å². The lowest BCUT2D eigenvalue weighted by Gasteiger charge is -2.18. The minimum Gasteiger partial charge on any atom is -0.467 e. The first-order chi connectivity index (χ1) is 9.11. The summed E-state index contributed by atoms with van der Waals surface area (Å²) in [6.07, 6.45) is 3.15. The first kappa shape index (κ1) is 13.1. The van der Waals surface area contributed by atoms with Gasteiger partial charge in [-0.15, -0.1) is 0 Å². The van der Waals surface area contributed by atoms with Gasteiger partial charge in [-0.25, -0.2) is 14.2 Å². The van der Waals surface area contributed by atoms with Crippen molar-refractivity contribution in [2.45, 2.75) is 6.04 Å². The fourth-order valence-electron chi connectivity index (χ4n) is 1.76. The molecule has 0 bridgehead atoms. The number of ether oxygens (including phenoxy) is 1. The maximum absolute atomic E-state index is 13.1. The molecule has 19 heavy (non-hydrogen) atoms. The van der Waals surface area contributed by atoms with Crippen molar-refractivity contribution in [2.24, 2.45) is 7.05 Å². The normalized spacial score (nSPS) is 11.9. The van der Waals surface area contributed by atoms with Gasteiger partial charge in [-0.1, -0.05) is 6.07 Å². The molecule has 0 spiro atoms. The van der Waals surface area contributed by atoms with Crippen molar-refractivity contribution in [1.82, 2.24) is 9.55 Å². The lowest BCUT2D eigenvalue weighted by Crippen LogP contribution is -2.24. The van der Waals surface area contributed by atoms with E-state index in [0.717, 1.165) is 0 Å². The summed E-state index contributed by atoms with van der Waals surface area (Å²) in [4.78, 5) is 15.8. The summed E-state index contributed by atoms with van der Waals surface area (Å²) in [7, 11) is 3.07. The second-order valence-electron chi connectivity index (χ2n) is 4.04. The van der Waals surface area contributed by atoms with Gasteiger partial charge < -0.3 is 14.6 Å². The second-order valence-corrected chi connectivity index (χ2v) is 4.04. The minimum absolute atomic E-state index is 0.376. The van der Waals surface area contributed by atoms with Crippen molar-refractivity contribution in [3.63, 3.8) is 0 Å². The quantitative estimate of drug-likeness (QED) is 0.856. The zero-order valence-electron chi connectivity index (χ0n) is 10.6. The largest absolute Gasteiger partial charge is 0.467 e. The van der Waals surface area contributed by atoms with Gasteiger partial charge >= 0.3 is 5.97 Å². The minimum atomic E-state index is -0.737. The van der Waals surface area contributed by atoms with Crippen LogP contribution in [0.1, 0.15) is 11.7 Å². The van der Waals surface area contributed by atoms with Gasteiger partial charge in [-0.3, -0.25) is 0 Å². The number of halogens is 1. The molecular weight excluding hydrogens is 249 g/mol. The summed E-state index contributed by atoms with van der Waals surface area (Å²) in [6.45, 7) is 0. The van der Waals surface area contributed by atoms with Crippen LogP contribution in [0.15, 0.2) is 36.8 Å². The van der Waals surface area contributed by atoms with E-state index in [-0.39, 0.29) is 5.82 Å². The standard InChI is InChI=1S/C13H14FN3O2/c1-17-8-15-7-11(17)12(13(18)19-2)16-10-5-3-4-9(14)6-10/h3-8,12,16H,1-2H3. The maximum Gasteiger partial charge on any atom is 0.334 e. The van der Waals surface area contributed by atoms with E-state index in [1.54, 1.807) is 36.3 Å². The van der Waals surface area contributed by atoms with Crippen LogP contribution in [0.5, 0.6) is 0 Å². The molecule has 0 aliphatic rings. The van der Waals surface area contributed by atoms with Crippen molar-refractivity contribution in [2.75, 3.05) is 12.4 Å². The van der Waals surface area contributed by atoms with Crippen LogP contribution in [-0.4, -0.2) is 22.6 Å². The molecule has 0 saturated carbocycles. The molecule has 0 aliphatic carbocycles. The molecule has 1 N–H and O–H groups in total. The van der Waals surface area contributed by atoms with Crippen molar-refractivity contribution in [1.29, 1.82) is 0 Å². The highest BCUT2D eigenvalue weighted by atomic mass is 19.1. The third-order valence-corrected chi connectivity index (χ3v) is 2.72. The number of anilines is 1. The lowest BCUT2D eigenvalue weighted by molar-refractivity contribution is -0.141. The zero-order valence-corrected chi connectivity index (χ0v) is 10.6. The molecule has 1 aromatic carbocycles. The summed E-state index contributed by atoms with van der Waals surface area (Å²) in [5.74, 6) is -0.841. The maximum atomic E-state index is 13.1. The molecule has 100 valence electrons. The first-order valence-corrected chi connectivity index (χ1v) is 5.68. The van der Waals surface area contributed by atoms with E-state index in [0.29, 0.717) is 11.4 Å². The molecule has 0 fully saturated rings. The Bertz CT molecular complexity index is 583. The number of imidazole rings is 1. The summed E-state index contributed by atoms with van der Waals surface area (Å²) < 4.78 is 19.6. The SMILES string of the molecule is COC(=O)C(Nc1cccc(F)c1)c1cncn1C. The number of nitrogens with zero attached hydrogens (tertiary/aromatic N) is 2. The number of nitrogens with one attached hydrogen (secondary N) is 1. The molecule has 0 aliphatic heterocycles. The number of rotatable bonds is 4. The van der Waals surface area contributed by atoms with Crippen LogP contribution in [0.25, 0.3) is 0 Å². The number of aromatic nitrogens is 2. The number of aryl methyl sites for hydroxylation is 1. The average molecular weight is 263 g/mol. The number of esters is 1. The van der Waals surface area contributed by atoms with Gasteiger partial charge in [-0.05, 0) is 18.2 Å². The molecule has 5 nitrogen and oxygen atoms in total. The smallest absolute Gasteiger partial charge is 0.334 e. The van der Waals surface area contributed by atoms with Crippen molar-refractivity contribution >= 4 is 11.7 Å². The van der Waals surface area contributed by atoms with Gasteiger partial charge in [0.25, 0.3) is 0 Å². The number of hydrogen-bond acceptors (Lipinski definition) is 4. The summed E-state index contributed by atoms with van der Waals surface area (Å²) in [6, 6.07) is 5.15. The van der Waals surface area contributed by atoms with Gasteiger partial charge in [0.15, 0.2) is 6.04 Å². The van der Waals surface area contributed by atoms with Gasteiger partial charge in [-0.2, -0.15) is 0 Å². The zero-order chi connectivity index (χ0) is 13.8. The van der Waals surface area contributed by atoms with E-state index >= 15 is 0 Å². The Kier molecular flexibility index (Phi) is 3.79. The Morgan fingerprint density at radius 1 is 1.53 bits per heavy atom. The van der Waals surface area contributed by atoms with Gasteiger partial charge in [0.2, 0.25) is 0 Å². The van der Waals surface area contributed by atoms with Crippen LogP contribution in [-0.2, 0) is 16.6 Å². The highest BCUT2D eigenvalue weighted by molar-refractivity contribution is 5.80. The molecule has 1 atom stereocenters. The molecule has 1 unspecified atom stereocenters. The summed E-state index contributed by atoms with van der Waals surface area (Å²) in [5, 5.41) is 2.94. The van der Waals surface area contributed by atoms with E-state index in [2.05, 4.69) is 10.3 Å². The lowest BCUT2D eigenvalue weighted by atomic mass is 10.2. The Morgan fingerprint density at radius 2 is 2.32 bits per heavy atom. The molecule has 0 amide bonds. The van der Waals surface area contributed by atoms with Crippen LogP contribution in [0.4, 0.5) is 10.1 Å². The van der Waals surface area contributed by atoms with E-state index in [1.807, 2.05) is 0 Å². The third-order valence-electron chi connectivity index (χ3n) is 2.72. The molecule has 0 radical (unpaired) electrons. The average Bonchev–Trinajstić information content (AvgIpc) is 2.81. The Morgan fingerprint density at radius 3 is 2.89 bits per heavy atom. The monoisotopic (exact) mass is 263 g/mol. The molecule has 6 heteroatoms. The highest BCUT2D eigenvalue weighted by Gasteiger charge is 2.24. The van der Waals surface area contributed by atoms with E-state index in [9.17, 15) is 9.18 Å².